The molecule has 1 aliphatic heterocycles. The summed E-state index contributed by atoms with van der Waals surface area (Å²) in [6.07, 6.45) is 1.41. The highest BCUT2D eigenvalue weighted by Crippen LogP contribution is 2.27. The van der Waals surface area contributed by atoms with Crippen molar-refractivity contribution >= 4 is 29.0 Å². The van der Waals surface area contributed by atoms with E-state index in [-0.39, 0.29) is 5.91 Å². The number of nitrogens with one attached hydrogen (secondary N) is 1. The lowest BCUT2D eigenvalue weighted by molar-refractivity contribution is 0.102. The number of halogens is 1. The van der Waals surface area contributed by atoms with E-state index in [4.69, 9.17) is 16.3 Å². The molecule has 0 saturated carbocycles. The van der Waals surface area contributed by atoms with Gasteiger partial charge in [-0.3, -0.25) is 4.79 Å². The van der Waals surface area contributed by atoms with Gasteiger partial charge in [0.2, 0.25) is 0 Å². The molecule has 1 saturated heterocycles. The maximum Gasteiger partial charge on any atom is 0.274 e. The van der Waals surface area contributed by atoms with Crippen molar-refractivity contribution in [1.82, 2.24) is 9.97 Å². The number of carbonyl (C=O) groups is 1. The Morgan fingerprint density at radius 3 is 2.67 bits per heavy atom. The van der Waals surface area contributed by atoms with Gasteiger partial charge in [-0.2, -0.15) is 0 Å². The molecule has 1 aliphatic rings. The Labute approximate surface area is 145 Å². The Kier molecular flexibility index (Phi) is 4.97. The summed E-state index contributed by atoms with van der Waals surface area (Å²) in [5.41, 5.74) is 2.88. The van der Waals surface area contributed by atoms with Gasteiger partial charge in [0.25, 0.3) is 5.91 Å². The number of aromatic nitrogens is 2. The Morgan fingerprint density at radius 2 is 1.96 bits per heavy atom. The summed E-state index contributed by atoms with van der Waals surface area (Å²) < 4.78 is 5.33. The van der Waals surface area contributed by atoms with Gasteiger partial charge in [-0.25, -0.2) is 9.97 Å². The zero-order valence-corrected chi connectivity index (χ0v) is 14.4. The summed E-state index contributed by atoms with van der Waals surface area (Å²) >= 11 is 6.25. The third kappa shape index (κ3) is 3.66. The molecular weight excluding hydrogens is 328 g/mol. The van der Waals surface area contributed by atoms with Gasteiger partial charge < -0.3 is 15.0 Å². The summed E-state index contributed by atoms with van der Waals surface area (Å²) in [6.45, 7) is 6.69. The van der Waals surface area contributed by atoms with Crippen LogP contribution in [0.25, 0.3) is 0 Å². The quantitative estimate of drug-likeness (QED) is 0.925. The largest absolute Gasteiger partial charge is 0.378 e. The fourth-order valence-electron chi connectivity index (χ4n) is 2.69. The first kappa shape index (κ1) is 16.7. The molecule has 2 aromatic rings. The van der Waals surface area contributed by atoms with E-state index in [1.807, 2.05) is 26.0 Å². The van der Waals surface area contributed by atoms with Gasteiger partial charge in [0, 0.05) is 19.2 Å². The molecule has 1 N–H and O–H groups in total. The SMILES string of the molecule is Cc1cc(C)c(NC(=O)c2cc(N3CCOCC3)ncn2)c(Cl)c1. The second-order valence-electron chi connectivity index (χ2n) is 5.75. The smallest absolute Gasteiger partial charge is 0.274 e. The number of anilines is 2. The molecule has 6 nitrogen and oxygen atoms in total. The van der Waals surface area contributed by atoms with Crippen molar-refractivity contribution in [2.75, 3.05) is 36.5 Å². The first-order valence-corrected chi connectivity index (χ1v) is 8.15. The van der Waals surface area contributed by atoms with Gasteiger partial charge in [0.05, 0.1) is 23.9 Å². The van der Waals surface area contributed by atoms with Crippen molar-refractivity contribution in [1.29, 1.82) is 0 Å². The molecular formula is C17H19ClN4O2. The second kappa shape index (κ2) is 7.15. The number of amides is 1. The van der Waals surface area contributed by atoms with Crippen LogP contribution in [0.2, 0.25) is 5.02 Å². The average molecular weight is 347 g/mol. The predicted octanol–water partition coefficient (Wildman–Crippen LogP) is 2.84. The van der Waals surface area contributed by atoms with E-state index >= 15 is 0 Å². The van der Waals surface area contributed by atoms with E-state index in [2.05, 4.69) is 20.2 Å². The number of hydrogen-bond acceptors (Lipinski definition) is 5. The highest BCUT2D eigenvalue weighted by Gasteiger charge is 2.17. The molecule has 0 radical (unpaired) electrons. The van der Waals surface area contributed by atoms with Crippen LogP contribution in [0.3, 0.4) is 0 Å². The van der Waals surface area contributed by atoms with Gasteiger partial charge in [-0.05, 0) is 31.0 Å². The molecule has 1 aromatic heterocycles. The molecule has 0 aliphatic carbocycles. The van der Waals surface area contributed by atoms with Crippen LogP contribution in [0.15, 0.2) is 24.5 Å². The van der Waals surface area contributed by atoms with E-state index in [1.54, 1.807) is 6.07 Å². The summed E-state index contributed by atoms with van der Waals surface area (Å²) in [5.74, 6) is 0.422. The van der Waals surface area contributed by atoms with E-state index in [9.17, 15) is 4.79 Å². The standard InChI is InChI=1S/C17H19ClN4O2/c1-11-7-12(2)16(13(18)8-11)21-17(23)14-9-15(20-10-19-14)22-3-5-24-6-4-22/h7-10H,3-6H2,1-2H3,(H,21,23). The fraction of sp³-hybridized carbons (Fsp3) is 0.353. The highest BCUT2D eigenvalue weighted by atomic mass is 35.5. The van der Waals surface area contributed by atoms with Crippen LogP contribution in [0, 0.1) is 13.8 Å². The normalized spacial score (nSPS) is 14.5. The lowest BCUT2D eigenvalue weighted by Gasteiger charge is -2.27. The van der Waals surface area contributed by atoms with Gasteiger partial charge in [0.15, 0.2) is 0 Å². The molecule has 1 amide bonds. The highest BCUT2D eigenvalue weighted by molar-refractivity contribution is 6.34. The van der Waals surface area contributed by atoms with Crippen LogP contribution in [-0.2, 0) is 4.74 Å². The maximum absolute atomic E-state index is 12.5. The molecule has 0 unspecified atom stereocenters. The molecule has 2 heterocycles. The van der Waals surface area contributed by atoms with Crippen molar-refractivity contribution < 1.29 is 9.53 Å². The van der Waals surface area contributed by atoms with Crippen molar-refractivity contribution in [2.24, 2.45) is 0 Å². The van der Waals surface area contributed by atoms with E-state index in [1.165, 1.54) is 6.33 Å². The van der Waals surface area contributed by atoms with Crippen LogP contribution < -0.4 is 10.2 Å². The van der Waals surface area contributed by atoms with E-state index in [0.717, 1.165) is 30.0 Å². The molecule has 3 rings (SSSR count). The number of ether oxygens (including phenoxy) is 1. The molecule has 0 bridgehead atoms. The van der Waals surface area contributed by atoms with E-state index < -0.39 is 0 Å². The summed E-state index contributed by atoms with van der Waals surface area (Å²) in [6, 6.07) is 5.49. The monoisotopic (exact) mass is 346 g/mol. The average Bonchev–Trinajstić information content (AvgIpc) is 2.59. The summed E-state index contributed by atoms with van der Waals surface area (Å²) in [5, 5.41) is 3.36. The minimum absolute atomic E-state index is 0.305. The van der Waals surface area contributed by atoms with Crippen molar-refractivity contribution in [2.45, 2.75) is 13.8 Å². The fourth-order valence-corrected chi connectivity index (χ4v) is 3.06. The molecule has 1 fully saturated rings. The Morgan fingerprint density at radius 1 is 1.21 bits per heavy atom. The minimum atomic E-state index is -0.305. The molecule has 24 heavy (non-hydrogen) atoms. The lowest BCUT2D eigenvalue weighted by Crippen LogP contribution is -2.37. The number of morpholine rings is 1. The Balaban J connectivity index is 1.80. The van der Waals surface area contributed by atoms with Crippen LogP contribution in [0.4, 0.5) is 11.5 Å². The molecule has 0 atom stereocenters. The minimum Gasteiger partial charge on any atom is -0.378 e. The van der Waals surface area contributed by atoms with Crippen molar-refractivity contribution in [3.05, 3.63) is 46.4 Å². The number of aryl methyl sites for hydroxylation is 2. The molecule has 126 valence electrons. The van der Waals surface area contributed by atoms with Crippen LogP contribution in [0.1, 0.15) is 21.6 Å². The topological polar surface area (TPSA) is 67.4 Å². The first-order valence-electron chi connectivity index (χ1n) is 7.77. The summed E-state index contributed by atoms with van der Waals surface area (Å²) in [4.78, 5) is 22.9. The molecule has 1 aromatic carbocycles. The van der Waals surface area contributed by atoms with Gasteiger partial charge in [-0.1, -0.05) is 17.7 Å². The number of nitrogens with zero attached hydrogens (tertiary/aromatic N) is 3. The van der Waals surface area contributed by atoms with Gasteiger partial charge in [-0.15, -0.1) is 0 Å². The van der Waals surface area contributed by atoms with Gasteiger partial charge in [0.1, 0.15) is 17.8 Å². The maximum atomic E-state index is 12.5. The number of hydrogen-bond donors (Lipinski definition) is 1. The van der Waals surface area contributed by atoms with E-state index in [0.29, 0.717) is 29.6 Å². The van der Waals surface area contributed by atoms with Gasteiger partial charge >= 0.3 is 0 Å². The lowest BCUT2D eigenvalue weighted by atomic mass is 10.1. The number of carbonyl (C=O) groups excluding carboxylic acids is 1. The first-order chi connectivity index (χ1) is 11.5. The van der Waals surface area contributed by atoms with Crippen LogP contribution in [0.5, 0.6) is 0 Å². The zero-order chi connectivity index (χ0) is 17.1. The van der Waals surface area contributed by atoms with Crippen LogP contribution in [-0.4, -0.2) is 42.2 Å². The Hall–Kier alpha value is -2.18. The predicted molar refractivity (Wildman–Crippen MR) is 93.9 cm³/mol. The van der Waals surface area contributed by atoms with Crippen LogP contribution >= 0.6 is 11.6 Å². The molecule has 7 heteroatoms. The third-order valence-electron chi connectivity index (χ3n) is 3.89. The third-order valence-corrected chi connectivity index (χ3v) is 4.19. The number of benzene rings is 1. The molecule has 0 spiro atoms. The Bertz CT molecular complexity index is 737. The number of rotatable bonds is 3. The second-order valence-corrected chi connectivity index (χ2v) is 6.16. The summed E-state index contributed by atoms with van der Waals surface area (Å²) in [7, 11) is 0. The van der Waals surface area contributed by atoms with Crippen molar-refractivity contribution in [3.8, 4) is 0 Å². The van der Waals surface area contributed by atoms with Crippen molar-refractivity contribution in [3.63, 3.8) is 0 Å². The zero-order valence-electron chi connectivity index (χ0n) is 13.7.